The molecule has 92 valence electrons. The van der Waals surface area contributed by atoms with Gasteiger partial charge in [0.15, 0.2) is 0 Å². The molecule has 0 unspecified atom stereocenters. The quantitative estimate of drug-likeness (QED) is 0.697. The molecular weight excluding hydrogens is 206 g/mol. The van der Waals surface area contributed by atoms with Gasteiger partial charge in [0.25, 0.3) is 0 Å². The largest absolute Gasteiger partial charge is 0.341 e. The molecule has 1 aliphatic carbocycles. The number of imide groups is 1. The normalized spacial score (nSPS) is 14.9. The Kier molecular flexibility index (Phi) is 5.25. The second-order valence-electron chi connectivity index (χ2n) is 4.31. The highest BCUT2D eigenvalue weighted by atomic mass is 16.2. The lowest BCUT2D eigenvalue weighted by Gasteiger charge is -2.20. The molecule has 1 aliphatic rings. The Morgan fingerprint density at radius 1 is 1.38 bits per heavy atom. The highest BCUT2D eigenvalue weighted by Crippen LogP contribution is 2.29. The van der Waals surface area contributed by atoms with Crippen LogP contribution in [0.3, 0.4) is 0 Å². The summed E-state index contributed by atoms with van der Waals surface area (Å²) in [5.41, 5.74) is 0. The molecule has 5 nitrogen and oxygen atoms in total. The average molecular weight is 227 g/mol. The zero-order chi connectivity index (χ0) is 12.0. The Morgan fingerprint density at radius 3 is 2.56 bits per heavy atom. The van der Waals surface area contributed by atoms with Gasteiger partial charge in [-0.1, -0.05) is 6.92 Å². The first kappa shape index (κ1) is 13.0. The Labute approximate surface area is 96.6 Å². The van der Waals surface area contributed by atoms with Crippen molar-refractivity contribution in [1.29, 1.82) is 0 Å². The van der Waals surface area contributed by atoms with Crippen molar-refractivity contribution in [3.63, 3.8) is 0 Å². The van der Waals surface area contributed by atoms with Crippen molar-refractivity contribution in [3.8, 4) is 0 Å². The van der Waals surface area contributed by atoms with E-state index >= 15 is 0 Å². The zero-order valence-corrected chi connectivity index (χ0v) is 10.1. The van der Waals surface area contributed by atoms with E-state index in [0.717, 1.165) is 25.4 Å². The molecule has 0 aromatic heterocycles. The fourth-order valence-electron chi connectivity index (χ4n) is 1.65. The summed E-state index contributed by atoms with van der Waals surface area (Å²) in [6.07, 6.45) is 3.58. The van der Waals surface area contributed by atoms with E-state index in [1.54, 1.807) is 0 Å². The molecule has 0 radical (unpaired) electrons. The minimum absolute atomic E-state index is 0.228. The highest BCUT2D eigenvalue weighted by Gasteiger charge is 2.25. The smallest absolute Gasteiger partial charge is 0.321 e. The average Bonchev–Trinajstić information content (AvgIpc) is 3.01. The van der Waals surface area contributed by atoms with E-state index in [4.69, 9.17) is 0 Å². The van der Waals surface area contributed by atoms with Crippen LogP contribution in [0.15, 0.2) is 0 Å². The number of carbonyl (C=O) groups is 2. The van der Waals surface area contributed by atoms with Crippen LogP contribution < -0.4 is 10.6 Å². The molecule has 0 aliphatic heterocycles. The molecule has 1 saturated carbocycles. The van der Waals surface area contributed by atoms with E-state index in [2.05, 4.69) is 22.5 Å². The topological polar surface area (TPSA) is 61.4 Å². The number of carbonyl (C=O) groups excluding carboxylic acids is 2. The van der Waals surface area contributed by atoms with Gasteiger partial charge in [0.05, 0.1) is 6.54 Å². The van der Waals surface area contributed by atoms with E-state index in [1.807, 2.05) is 0 Å². The van der Waals surface area contributed by atoms with Crippen LogP contribution in [0.25, 0.3) is 0 Å². The fourth-order valence-corrected chi connectivity index (χ4v) is 1.65. The molecule has 0 aromatic carbocycles. The molecule has 0 bridgehead atoms. The number of nitrogens with zero attached hydrogens (tertiary/aromatic N) is 1. The first-order valence-electron chi connectivity index (χ1n) is 5.89. The monoisotopic (exact) mass is 227 g/mol. The number of nitrogens with one attached hydrogen (secondary N) is 2. The summed E-state index contributed by atoms with van der Waals surface area (Å²) in [5.74, 6) is 0.535. The van der Waals surface area contributed by atoms with Crippen molar-refractivity contribution in [3.05, 3.63) is 0 Å². The molecule has 0 spiro atoms. The maximum absolute atomic E-state index is 11.5. The maximum atomic E-state index is 11.5. The van der Waals surface area contributed by atoms with E-state index < -0.39 is 6.03 Å². The van der Waals surface area contributed by atoms with Gasteiger partial charge in [-0.05, 0) is 31.7 Å². The lowest BCUT2D eigenvalue weighted by atomic mass is 10.3. The van der Waals surface area contributed by atoms with Crippen LogP contribution in [0, 0.1) is 5.92 Å². The summed E-state index contributed by atoms with van der Waals surface area (Å²) in [6, 6.07) is -0.437. The van der Waals surface area contributed by atoms with Crippen LogP contribution in [-0.2, 0) is 4.79 Å². The van der Waals surface area contributed by atoms with Crippen LogP contribution in [0.2, 0.25) is 0 Å². The minimum Gasteiger partial charge on any atom is -0.341 e. The van der Waals surface area contributed by atoms with Gasteiger partial charge in [0.2, 0.25) is 5.91 Å². The second kappa shape index (κ2) is 6.48. The predicted molar refractivity (Wildman–Crippen MR) is 62.1 cm³/mol. The molecule has 0 atom stereocenters. The summed E-state index contributed by atoms with van der Waals surface area (Å²) in [7, 11) is 1.50. The molecule has 2 N–H and O–H groups in total. The molecule has 3 amide bonds. The van der Waals surface area contributed by atoms with Crippen LogP contribution in [0.1, 0.15) is 26.2 Å². The Balaban J connectivity index is 2.28. The SMILES string of the molecule is CCCN(CC(=O)NC(=O)NC)CC1CC1. The molecule has 16 heavy (non-hydrogen) atoms. The molecule has 0 heterocycles. The van der Waals surface area contributed by atoms with Crippen molar-refractivity contribution < 1.29 is 9.59 Å². The first-order valence-corrected chi connectivity index (χ1v) is 5.89. The number of rotatable bonds is 6. The first-order chi connectivity index (χ1) is 7.65. The lowest BCUT2D eigenvalue weighted by Crippen LogP contribution is -2.44. The number of hydrogen-bond donors (Lipinski definition) is 2. The number of amides is 3. The van der Waals surface area contributed by atoms with E-state index in [9.17, 15) is 9.59 Å². The van der Waals surface area contributed by atoms with Gasteiger partial charge in [0.1, 0.15) is 0 Å². The van der Waals surface area contributed by atoms with Crippen LogP contribution in [-0.4, -0.2) is 43.5 Å². The van der Waals surface area contributed by atoms with E-state index in [1.165, 1.54) is 19.9 Å². The summed E-state index contributed by atoms with van der Waals surface area (Å²) in [4.78, 5) is 24.5. The molecular formula is C11H21N3O2. The van der Waals surface area contributed by atoms with Gasteiger partial charge >= 0.3 is 6.03 Å². The third-order valence-corrected chi connectivity index (χ3v) is 2.60. The molecule has 1 fully saturated rings. The molecule has 0 aromatic rings. The van der Waals surface area contributed by atoms with Crippen LogP contribution in [0.5, 0.6) is 0 Å². The Hall–Kier alpha value is -1.10. The third kappa shape index (κ3) is 5.11. The van der Waals surface area contributed by atoms with Crippen molar-refractivity contribution in [2.45, 2.75) is 26.2 Å². The van der Waals surface area contributed by atoms with Gasteiger partial charge in [-0.3, -0.25) is 15.0 Å². The summed E-state index contributed by atoms with van der Waals surface area (Å²) >= 11 is 0. The van der Waals surface area contributed by atoms with E-state index in [0.29, 0.717) is 6.54 Å². The predicted octanol–water partition coefficient (Wildman–Crippen LogP) is 0.564. The van der Waals surface area contributed by atoms with Crippen LogP contribution >= 0.6 is 0 Å². The van der Waals surface area contributed by atoms with Gasteiger partial charge < -0.3 is 5.32 Å². The lowest BCUT2D eigenvalue weighted by molar-refractivity contribution is -0.121. The Bertz CT molecular complexity index is 252. The van der Waals surface area contributed by atoms with Crippen molar-refractivity contribution >= 4 is 11.9 Å². The third-order valence-electron chi connectivity index (χ3n) is 2.60. The van der Waals surface area contributed by atoms with Gasteiger partial charge in [0, 0.05) is 13.6 Å². The summed E-state index contributed by atoms with van der Waals surface area (Å²) < 4.78 is 0. The summed E-state index contributed by atoms with van der Waals surface area (Å²) in [6.45, 7) is 4.31. The number of hydrogen-bond acceptors (Lipinski definition) is 3. The Morgan fingerprint density at radius 2 is 2.06 bits per heavy atom. The maximum Gasteiger partial charge on any atom is 0.321 e. The van der Waals surface area contributed by atoms with Crippen molar-refractivity contribution in [2.75, 3.05) is 26.7 Å². The van der Waals surface area contributed by atoms with E-state index in [-0.39, 0.29) is 5.91 Å². The van der Waals surface area contributed by atoms with Gasteiger partial charge in [-0.2, -0.15) is 0 Å². The number of urea groups is 1. The fraction of sp³-hybridized carbons (Fsp3) is 0.818. The van der Waals surface area contributed by atoms with Crippen molar-refractivity contribution in [1.82, 2.24) is 15.5 Å². The van der Waals surface area contributed by atoms with Crippen LogP contribution in [0.4, 0.5) is 4.79 Å². The summed E-state index contributed by atoms with van der Waals surface area (Å²) in [5, 5.41) is 4.65. The standard InChI is InChI=1S/C11H21N3O2/c1-3-6-14(7-9-4-5-9)8-10(15)13-11(16)12-2/h9H,3-8H2,1-2H3,(H2,12,13,15,16). The molecule has 1 rings (SSSR count). The zero-order valence-electron chi connectivity index (χ0n) is 10.1. The van der Waals surface area contributed by atoms with Gasteiger partial charge in [-0.25, -0.2) is 4.79 Å². The van der Waals surface area contributed by atoms with Gasteiger partial charge in [-0.15, -0.1) is 0 Å². The molecule has 5 heteroatoms. The minimum atomic E-state index is -0.437. The second-order valence-corrected chi connectivity index (χ2v) is 4.31. The highest BCUT2D eigenvalue weighted by molar-refractivity contribution is 5.95. The van der Waals surface area contributed by atoms with Crippen molar-refractivity contribution in [2.24, 2.45) is 5.92 Å². The molecule has 0 saturated heterocycles.